The molecule has 7 nitrogen and oxygen atoms in total. The molecule has 18 heavy (non-hydrogen) atoms. The van der Waals surface area contributed by atoms with E-state index in [-0.39, 0.29) is 5.69 Å². The fourth-order valence-electron chi connectivity index (χ4n) is 1.39. The molecule has 0 aromatic carbocycles. The minimum Gasteiger partial charge on any atom is -0.477 e. The summed E-state index contributed by atoms with van der Waals surface area (Å²) in [4.78, 5) is 18.5. The first-order chi connectivity index (χ1) is 8.65. The van der Waals surface area contributed by atoms with E-state index in [9.17, 15) is 4.79 Å². The first-order valence-corrected chi connectivity index (χ1v) is 5.37. The van der Waals surface area contributed by atoms with Gasteiger partial charge in [0.05, 0.1) is 11.9 Å². The van der Waals surface area contributed by atoms with Gasteiger partial charge in [-0.2, -0.15) is 4.98 Å². The molecule has 2 heterocycles. The minimum atomic E-state index is -1.04. The van der Waals surface area contributed by atoms with Crippen molar-refractivity contribution in [3.8, 4) is 0 Å². The number of aryl methyl sites for hydroxylation is 1. The number of aromatic carboxylic acids is 1. The van der Waals surface area contributed by atoms with Crippen LogP contribution < -0.4 is 5.32 Å². The van der Waals surface area contributed by atoms with E-state index in [0.717, 1.165) is 5.69 Å². The van der Waals surface area contributed by atoms with E-state index in [1.807, 2.05) is 0 Å². The van der Waals surface area contributed by atoms with Crippen LogP contribution in [0.4, 0.5) is 5.69 Å². The van der Waals surface area contributed by atoms with Gasteiger partial charge in [0.1, 0.15) is 5.69 Å². The highest BCUT2D eigenvalue weighted by molar-refractivity contribution is 5.85. The zero-order valence-electron chi connectivity index (χ0n) is 9.75. The van der Waals surface area contributed by atoms with Crippen molar-refractivity contribution in [2.24, 2.45) is 0 Å². The van der Waals surface area contributed by atoms with Crippen LogP contribution in [0.25, 0.3) is 0 Å². The van der Waals surface area contributed by atoms with Crippen molar-refractivity contribution in [3.63, 3.8) is 0 Å². The number of anilines is 1. The maximum absolute atomic E-state index is 10.6. The minimum absolute atomic E-state index is 0.0225. The van der Waals surface area contributed by atoms with Crippen molar-refractivity contribution in [2.45, 2.75) is 13.3 Å². The molecule has 0 bridgehead atoms. The molecule has 2 aromatic heterocycles. The van der Waals surface area contributed by atoms with Gasteiger partial charge < -0.3 is 14.9 Å². The number of nitrogens with one attached hydrogen (secondary N) is 1. The molecule has 0 fully saturated rings. The number of rotatable bonds is 5. The predicted octanol–water partition coefficient (Wildman–Crippen LogP) is 1.13. The van der Waals surface area contributed by atoms with Gasteiger partial charge in [-0.05, 0) is 12.1 Å². The maximum Gasteiger partial charge on any atom is 0.354 e. The van der Waals surface area contributed by atoms with E-state index in [1.165, 1.54) is 12.3 Å². The molecular formula is C11H12N4O3. The van der Waals surface area contributed by atoms with Crippen LogP contribution in [0.2, 0.25) is 0 Å². The highest BCUT2D eigenvalue weighted by Gasteiger charge is 2.04. The maximum atomic E-state index is 10.6. The van der Waals surface area contributed by atoms with Gasteiger partial charge in [0.15, 0.2) is 5.82 Å². The van der Waals surface area contributed by atoms with Gasteiger partial charge in [0.2, 0.25) is 5.89 Å². The molecule has 0 saturated heterocycles. The molecule has 2 aromatic rings. The smallest absolute Gasteiger partial charge is 0.354 e. The Labute approximate surface area is 103 Å². The van der Waals surface area contributed by atoms with E-state index < -0.39 is 5.97 Å². The lowest BCUT2D eigenvalue weighted by atomic mass is 10.3. The summed E-state index contributed by atoms with van der Waals surface area (Å²) >= 11 is 0. The van der Waals surface area contributed by atoms with Crippen molar-refractivity contribution in [2.75, 3.05) is 11.9 Å². The summed E-state index contributed by atoms with van der Waals surface area (Å²) in [5.74, 6) is 0.136. The van der Waals surface area contributed by atoms with Gasteiger partial charge in [-0.15, -0.1) is 0 Å². The van der Waals surface area contributed by atoms with Gasteiger partial charge >= 0.3 is 5.97 Å². The standard InChI is InChI=1S/C11H12N4O3/c1-7-14-10(15-18-7)4-5-12-8-2-3-9(11(16)17)13-6-8/h2-3,6,12H,4-5H2,1H3,(H,16,17). The fraction of sp³-hybridized carbons (Fsp3) is 0.273. The lowest BCUT2D eigenvalue weighted by Gasteiger charge is -2.03. The summed E-state index contributed by atoms with van der Waals surface area (Å²) in [6.07, 6.45) is 2.10. The number of carboxylic acid groups (broad SMARTS) is 1. The molecule has 7 heteroatoms. The summed E-state index contributed by atoms with van der Waals surface area (Å²) < 4.78 is 4.84. The van der Waals surface area contributed by atoms with Crippen molar-refractivity contribution in [3.05, 3.63) is 35.7 Å². The molecule has 2 N–H and O–H groups in total. The Morgan fingerprint density at radius 1 is 1.50 bits per heavy atom. The number of carbonyl (C=O) groups is 1. The Balaban J connectivity index is 1.85. The van der Waals surface area contributed by atoms with E-state index in [4.69, 9.17) is 9.63 Å². The van der Waals surface area contributed by atoms with Crippen LogP contribution in [0.1, 0.15) is 22.2 Å². The van der Waals surface area contributed by atoms with Crippen LogP contribution in [0.15, 0.2) is 22.9 Å². The zero-order valence-corrected chi connectivity index (χ0v) is 9.75. The van der Waals surface area contributed by atoms with Crippen molar-refractivity contribution >= 4 is 11.7 Å². The van der Waals surface area contributed by atoms with Crippen LogP contribution in [-0.4, -0.2) is 32.7 Å². The number of aromatic nitrogens is 3. The summed E-state index contributed by atoms with van der Waals surface area (Å²) in [7, 11) is 0. The lowest BCUT2D eigenvalue weighted by Crippen LogP contribution is -2.07. The quantitative estimate of drug-likeness (QED) is 0.817. The molecule has 0 atom stereocenters. The van der Waals surface area contributed by atoms with Gasteiger partial charge in [-0.1, -0.05) is 5.16 Å². The first-order valence-electron chi connectivity index (χ1n) is 5.37. The second-order valence-electron chi connectivity index (χ2n) is 3.64. The Morgan fingerprint density at radius 2 is 2.33 bits per heavy atom. The number of carboxylic acids is 1. The first kappa shape index (κ1) is 12.0. The van der Waals surface area contributed by atoms with Crippen molar-refractivity contribution in [1.82, 2.24) is 15.1 Å². The second kappa shape index (κ2) is 5.26. The Bertz CT molecular complexity index is 535. The second-order valence-corrected chi connectivity index (χ2v) is 3.64. The van der Waals surface area contributed by atoms with Crippen LogP contribution >= 0.6 is 0 Å². The average Bonchev–Trinajstić information content (AvgIpc) is 2.76. The third-order valence-corrected chi connectivity index (χ3v) is 2.23. The predicted molar refractivity (Wildman–Crippen MR) is 62.4 cm³/mol. The Hall–Kier alpha value is -2.44. The van der Waals surface area contributed by atoms with Crippen LogP contribution in [0.3, 0.4) is 0 Å². The monoisotopic (exact) mass is 248 g/mol. The van der Waals surface area contributed by atoms with Gasteiger partial charge in [-0.3, -0.25) is 0 Å². The van der Waals surface area contributed by atoms with Crippen LogP contribution in [0.5, 0.6) is 0 Å². The summed E-state index contributed by atoms with van der Waals surface area (Å²) in [6, 6.07) is 3.11. The summed E-state index contributed by atoms with van der Waals surface area (Å²) in [6.45, 7) is 2.35. The zero-order chi connectivity index (χ0) is 13.0. The third kappa shape index (κ3) is 3.03. The summed E-state index contributed by atoms with van der Waals surface area (Å²) in [5.41, 5.74) is 0.773. The normalized spacial score (nSPS) is 10.3. The van der Waals surface area contributed by atoms with Crippen molar-refractivity contribution < 1.29 is 14.4 Å². The van der Waals surface area contributed by atoms with Gasteiger partial charge in [-0.25, -0.2) is 9.78 Å². The lowest BCUT2D eigenvalue weighted by molar-refractivity contribution is 0.0690. The highest BCUT2D eigenvalue weighted by atomic mass is 16.5. The molecule has 0 aliphatic heterocycles. The largest absolute Gasteiger partial charge is 0.477 e. The Morgan fingerprint density at radius 3 is 2.89 bits per heavy atom. The van der Waals surface area contributed by atoms with E-state index in [1.54, 1.807) is 13.0 Å². The molecular weight excluding hydrogens is 236 g/mol. The molecule has 2 rings (SSSR count). The van der Waals surface area contributed by atoms with Gasteiger partial charge in [0.25, 0.3) is 0 Å². The summed E-state index contributed by atoms with van der Waals surface area (Å²) in [5, 5.41) is 15.5. The van der Waals surface area contributed by atoms with Gasteiger partial charge in [0, 0.05) is 19.9 Å². The van der Waals surface area contributed by atoms with E-state index >= 15 is 0 Å². The molecule has 0 amide bonds. The third-order valence-electron chi connectivity index (χ3n) is 2.23. The fourth-order valence-corrected chi connectivity index (χ4v) is 1.39. The number of hydrogen-bond donors (Lipinski definition) is 2. The van der Waals surface area contributed by atoms with Crippen LogP contribution in [-0.2, 0) is 6.42 Å². The van der Waals surface area contributed by atoms with Crippen LogP contribution in [0, 0.1) is 6.92 Å². The van der Waals surface area contributed by atoms with E-state index in [2.05, 4.69) is 20.4 Å². The molecule has 94 valence electrons. The molecule has 0 aliphatic rings. The van der Waals surface area contributed by atoms with E-state index in [0.29, 0.717) is 24.7 Å². The molecule has 0 aliphatic carbocycles. The topological polar surface area (TPSA) is 101 Å². The highest BCUT2D eigenvalue weighted by Crippen LogP contribution is 2.06. The van der Waals surface area contributed by atoms with Crippen molar-refractivity contribution in [1.29, 1.82) is 0 Å². The molecule has 0 unspecified atom stereocenters. The molecule has 0 spiro atoms. The average molecular weight is 248 g/mol. The Kier molecular flexibility index (Phi) is 3.52. The SMILES string of the molecule is Cc1nc(CCNc2ccc(C(=O)O)nc2)no1. The molecule has 0 radical (unpaired) electrons. The number of hydrogen-bond acceptors (Lipinski definition) is 6. The molecule has 0 saturated carbocycles. The number of pyridine rings is 1. The number of nitrogens with zero attached hydrogens (tertiary/aromatic N) is 3.